The van der Waals surface area contributed by atoms with Gasteiger partial charge >= 0.3 is 0 Å². The van der Waals surface area contributed by atoms with Crippen LogP contribution in [0.4, 0.5) is 0 Å². The molecule has 0 amide bonds. The summed E-state index contributed by atoms with van der Waals surface area (Å²) in [6.45, 7) is 15.7. The van der Waals surface area contributed by atoms with E-state index in [0.717, 1.165) is 16.7 Å². The van der Waals surface area contributed by atoms with Crippen LogP contribution in [0.5, 0.6) is 5.75 Å². The van der Waals surface area contributed by atoms with Crippen molar-refractivity contribution in [3.63, 3.8) is 0 Å². The normalized spacial score (nSPS) is 21.7. The van der Waals surface area contributed by atoms with Crippen LogP contribution in [0.1, 0.15) is 71.6 Å². The van der Waals surface area contributed by atoms with E-state index in [2.05, 4.69) is 41.5 Å². The molecular formula is C20H33NO3S. The summed E-state index contributed by atoms with van der Waals surface area (Å²) in [5, 5.41) is 10.8. The van der Waals surface area contributed by atoms with E-state index in [0.29, 0.717) is 30.2 Å². The van der Waals surface area contributed by atoms with Gasteiger partial charge < -0.3 is 5.11 Å². The van der Waals surface area contributed by atoms with E-state index in [9.17, 15) is 14.2 Å². The summed E-state index contributed by atoms with van der Waals surface area (Å²) in [6.07, 6.45) is 2.56. The second-order valence-corrected chi connectivity index (χ2v) is 10.9. The van der Waals surface area contributed by atoms with Crippen LogP contribution in [0.2, 0.25) is 0 Å². The minimum Gasteiger partial charge on any atom is -0.507 e. The van der Waals surface area contributed by atoms with Gasteiger partial charge in [0.1, 0.15) is 5.75 Å². The molecule has 1 aliphatic heterocycles. The van der Waals surface area contributed by atoms with E-state index in [1.165, 1.54) is 0 Å². The fraction of sp³-hybridized carbons (Fsp3) is 0.600. The van der Waals surface area contributed by atoms with Crippen molar-refractivity contribution >= 4 is 16.9 Å². The number of phenolic OH excluding ortho intramolecular Hbond substituents is 1. The Labute approximate surface area is 154 Å². The van der Waals surface area contributed by atoms with Crippen LogP contribution >= 0.6 is 10.8 Å². The van der Waals surface area contributed by atoms with Gasteiger partial charge in [-0.2, -0.15) is 0 Å². The fourth-order valence-electron chi connectivity index (χ4n) is 3.22. The molecule has 0 unspecified atom stereocenters. The van der Waals surface area contributed by atoms with Gasteiger partial charge in [0.15, 0.2) is 0 Å². The lowest BCUT2D eigenvalue weighted by molar-refractivity contribution is 0.390. The van der Waals surface area contributed by atoms with Crippen LogP contribution in [-0.4, -0.2) is 31.6 Å². The topological polar surface area (TPSA) is 63.9 Å². The molecule has 0 bridgehead atoms. The summed E-state index contributed by atoms with van der Waals surface area (Å²) in [5.41, 5.74) is 2.28. The number of hydrogen-bond acceptors (Lipinski definition) is 4. The number of benzene rings is 1. The third-order valence-corrected chi connectivity index (χ3v) is 6.93. The highest BCUT2D eigenvalue weighted by molar-refractivity contribution is 8.25. The van der Waals surface area contributed by atoms with Gasteiger partial charge in [0.2, 0.25) is 0 Å². The second-order valence-electron chi connectivity index (χ2n) is 8.87. The highest BCUT2D eigenvalue weighted by Crippen LogP contribution is 2.58. The van der Waals surface area contributed by atoms with Crippen LogP contribution in [0, 0.1) is 0 Å². The summed E-state index contributed by atoms with van der Waals surface area (Å²) in [4.78, 5) is 0.680. The standard InChI is InChI=1S/C20H33NO3S/c1-8-21-10-9-15(25(21,23)24)11-14-12-16(19(2,3)4)18(22)17(13-14)20(5,6)7/h11-13,22-24H,8-10H2,1-7H3. The molecule has 4 nitrogen and oxygen atoms in total. The number of aromatic hydroxyl groups is 1. The molecule has 1 heterocycles. The first-order valence-corrected chi connectivity index (χ1v) is 10.4. The lowest BCUT2D eigenvalue weighted by Gasteiger charge is -2.37. The fourth-order valence-corrected chi connectivity index (χ4v) is 4.92. The molecule has 1 fully saturated rings. The molecule has 0 aromatic heterocycles. The number of hydrogen-bond donors (Lipinski definition) is 3. The Kier molecular flexibility index (Phi) is 5.37. The third-order valence-electron chi connectivity index (χ3n) is 4.75. The zero-order chi connectivity index (χ0) is 19.2. The molecule has 0 aliphatic carbocycles. The zero-order valence-electron chi connectivity index (χ0n) is 16.6. The first-order chi connectivity index (χ1) is 11.3. The van der Waals surface area contributed by atoms with E-state index in [4.69, 9.17) is 0 Å². The lowest BCUT2D eigenvalue weighted by Crippen LogP contribution is -2.21. The lowest BCUT2D eigenvalue weighted by atomic mass is 9.78. The minimum absolute atomic E-state index is 0.202. The van der Waals surface area contributed by atoms with Gasteiger partial charge in [0.05, 0.1) is 4.91 Å². The summed E-state index contributed by atoms with van der Waals surface area (Å²) >= 11 is 0. The van der Waals surface area contributed by atoms with Gasteiger partial charge in [-0.3, -0.25) is 9.11 Å². The third kappa shape index (κ3) is 4.05. The van der Waals surface area contributed by atoms with Crippen molar-refractivity contribution in [1.82, 2.24) is 4.31 Å². The van der Waals surface area contributed by atoms with Gasteiger partial charge in [-0.25, -0.2) is 4.31 Å². The Hall–Kier alpha value is -1.01. The van der Waals surface area contributed by atoms with Crippen LogP contribution in [0.3, 0.4) is 0 Å². The van der Waals surface area contributed by atoms with Crippen LogP contribution < -0.4 is 0 Å². The summed E-state index contributed by atoms with van der Waals surface area (Å²) in [5.74, 6) is 0.343. The molecule has 25 heavy (non-hydrogen) atoms. The van der Waals surface area contributed by atoms with Gasteiger partial charge in [-0.1, -0.05) is 48.5 Å². The molecule has 0 radical (unpaired) electrons. The summed E-state index contributed by atoms with van der Waals surface area (Å²) in [7, 11) is -2.85. The molecule has 1 aromatic rings. The second kappa shape index (κ2) is 6.62. The molecule has 1 aromatic carbocycles. The van der Waals surface area contributed by atoms with E-state index >= 15 is 0 Å². The Morgan fingerprint density at radius 1 is 1.04 bits per heavy atom. The van der Waals surface area contributed by atoms with E-state index in [1.807, 2.05) is 25.1 Å². The van der Waals surface area contributed by atoms with E-state index in [1.54, 1.807) is 4.31 Å². The van der Waals surface area contributed by atoms with Crippen molar-refractivity contribution in [1.29, 1.82) is 0 Å². The molecule has 0 spiro atoms. The van der Waals surface area contributed by atoms with Crippen molar-refractivity contribution in [3.05, 3.63) is 33.7 Å². The maximum absolute atomic E-state index is 10.8. The molecule has 3 N–H and O–H groups in total. The van der Waals surface area contributed by atoms with Gasteiger partial charge in [-0.05, 0) is 34.6 Å². The zero-order valence-corrected chi connectivity index (χ0v) is 17.4. The molecule has 0 atom stereocenters. The van der Waals surface area contributed by atoms with Crippen LogP contribution in [0.15, 0.2) is 17.0 Å². The first-order valence-electron chi connectivity index (χ1n) is 8.90. The van der Waals surface area contributed by atoms with Crippen molar-refractivity contribution in [2.45, 2.75) is 65.7 Å². The predicted molar refractivity (Wildman–Crippen MR) is 108 cm³/mol. The highest BCUT2D eigenvalue weighted by Gasteiger charge is 2.33. The quantitative estimate of drug-likeness (QED) is 0.625. The molecule has 0 saturated carbocycles. The average Bonchev–Trinajstić information content (AvgIpc) is 2.72. The summed E-state index contributed by atoms with van der Waals surface area (Å²) < 4.78 is 22.8. The Bertz CT molecular complexity index is 646. The van der Waals surface area contributed by atoms with E-state index < -0.39 is 10.8 Å². The predicted octanol–water partition coefficient (Wildman–Crippen LogP) is 5.72. The molecule has 1 saturated heterocycles. The molecular weight excluding hydrogens is 334 g/mol. The number of rotatable bonds is 2. The Morgan fingerprint density at radius 3 is 1.88 bits per heavy atom. The van der Waals surface area contributed by atoms with Crippen molar-refractivity contribution in [2.75, 3.05) is 13.1 Å². The SMILES string of the molecule is CCN1CCC(=Cc2cc(C(C)(C)C)c(O)c(C(C)(C)C)c2)S1(O)O. The number of phenols is 1. The smallest absolute Gasteiger partial charge is 0.123 e. The van der Waals surface area contributed by atoms with Crippen LogP contribution in [0.25, 0.3) is 6.08 Å². The largest absolute Gasteiger partial charge is 0.507 e. The Morgan fingerprint density at radius 2 is 1.52 bits per heavy atom. The van der Waals surface area contributed by atoms with Gasteiger partial charge in [0, 0.05) is 30.6 Å². The maximum atomic E-state index is 10.8. The minimum atomic E-state index is -2.85. The summed E-state index contributed by atoms with van der Waals surface area (Å²) in [6, 6.07) is 3.95. The average molecular weight is 368 g/mol. The number of nitrogens with zero attached hydrogens (tertiary/aromatic N) is 1. The van der Waals surface area contributed by atoms with Gasteiger partial charge in [-0.15, -0.1) is 10.8 Å². The molecule has 142 valence electrons. The molecule has 5 heteroatoms. The van der Waals surface area contributed by atoms with Crippen molar-refractivity contribution in [3.8, 4) is 5.75 Å². The first kappa shape index (κ1) is 20.3. The molecule has 1 aliphatic rings. The van der Waals surface area contributed by atoms with Crippen LogP contribution in [-0.2, 0) is 10.8 Å². The highest BCUT2D eigenvalue weighted by atomic mass is 32.3. The maximum Gasteiger partial charge on any atom is 0.123 e. The monoisotopic (exact) mass is 367 g/mol. The van der Waals surface area contributed by atoms with Crippen molar-refractivity contribution in [2.24, 2.45) is 0 Å². The van der Waals surface area contributed by atoms with Crippen molar-refractivity contribution < 1.29 is 14.2 Å². The van der Waals surface area contributed by atoms with Gasteiger partial charge in [0.25, 0.3) is 0 Å². The molecule has 2 rings (SSSR count). The van der Waals surface area contributed by atoms with E-state index in [-0.39, 0.29) is 10.8 Å². The Balaban J connectivity index is 2.62.